The van der Waals surface area contributed by atoms with Crippen molar-refractivity contribution in [1.82, 2.24) is 24.5 Å². The van der Waals surface area contributed by atoms with E-state index in [0.29, 0.717) is 17.2 Å². The van der Waals surface area contributed by atoms with Gasteiger partial charge in [0.05, 0.1) is 11.0 Å². The predicted molar refractivity (Wildman–Crippen MR) is 191 cm³/mol. The summed E-state index contributed by atoms with van der Waals surface area (Å²) in [5, 5.41) is 2.47. The van der Waals surface area contributed by atoms with E-state index in [9.17, 15) is 0 Å². The van der Waals surface area contributed by atoms with Crippen LogP contribution in [0, 0.1) is 0 Å². The van der Waals surface area contributed by atoms with Gasteiger partial charge < -0.3 is 4.57 Å². The maximum Gasteiger partial charge on any atom is 0.160 e. The minimum atomic E-state index is 0.623. The molecule has 0 N–H and O–H groups in total. The van der Waals surface area contributed by atoms with E-state index in [0.717, 1.165) is 44.8 Å². The van der Waals surface area contributed by atoms with Crippen LogP contribution in [0.1, 0.15) is 0 Å². The Hall–Kier alpha value is -6.46. The Kier molecular flexibility index (Phi) is 6.39. The second kappa shape index (κ2) is 11.2. The Balaban J connectivity index is 1.27. The van der Waals surface area contributed by atoms with Crippen molar-refractivity contribution in [3.8, 4) is 51.0 Å². The van der Waals surface area contributed by atoms with Gasteiger partial charge in [-0.2, -0.15) is 0 Å². The number of rotatable bonds is 5. The average molecular weight is 602 g/mol. The van der Waals surface area contributed by atoms with Crippen LogP contribution in [0.2, 0.25) is 0 Å². The minimum absolute atomic E-state index is 0.623. The first-order chi connectivity index (χ1) is 23.3. The lowest BCUT2D eigenvalue weighted by Gasteiger charge is -2.14. The fourth-order valence-corrected chi connectivity index (χ4v) is 6.42. The van der Waals surface area contributed by atoms with Crippen molar-refractivity contribution in [3.63, 3.8) is 0 Å². The molecule has 0 aliphatic rings. The molecule has 3 aromatic heterocycles. The summed E-state index contributed by atoms with van der Waals surface area (Å²) in [4.78, 5) is 20.6. The molecule has 0 radical (unpaired) electrons. The first-order valence-electron chi connectivity index (χ1n) is 15.7. The van der Waals surface area contributed by atoms with Gasteiger partial charge in [-0.3, -0.25) is 0 Å². The standard InChI is InChI=1S/C42H27N5/c1-4-14-28(15-5-1)37-40-39(45-41(43-37)30-18-8-3-9-19-30)38(29-16-6-2-7-17-29)44-42(46-40)31-24-26-32(27-25-31)47-35-22-12-10-20-33(35)34-21-11-13-23-36(34)47/h1-27H. The Bertz CT molecular complexity index is 2490. The minimum Gasteiger partial charge on any atom is -0.309 e. The molecule has 0 saturated carbocycles. The fourth-order valence-electron chi connectivity index (χ4n) is 6.42. The van der Waals surface area contributed by atoms with Crippen molar-refractivity contribution in [1.29, 1.82) is 0 Å². The molecule has 0 atom stereocenters. The molecule has 0 spiro atoms. The summed E-state index contributed by atoms with van der Waals surface area (Å²) in [5.41, 5.74) is 10.2. The third kappa shape index (κ3) is 4.64. The Morgan fingerprint density at radius 1 is 0.319 bits per heavy atom. The highest BCUT2D eigenvalue weighted by Crippen LogP contribution is 2.36. The quantitative estimate of drug-likeness (QED) is 0.197. The molecule has 220 valence electrons. The molecule has 0 aliphatic carbocycles. The zero-order chi connectivity index (χ0) is 31.2. The molecule has 0 unspecified atom stereocenters. The van der Waals surface area contributed by atoms with Crippen molar-refractivity contribution in [2.75, 3.05) is 0 Å². The van der Waals surface area contributed by atoms with Crippen molar-refractivity contribution >= 4 is 32.8 Å². The van der Waals surface area contributed by atoms with Gasteiger partial charge in [-0.05, 0) is 36.4 Å². The number of nitrogens with zero attached hydrogens (tertiary/aromatic N) is 5. The molecular weight excluding hydrogens is 574 g/mol. The van der Waals surface area contributed by atoms with E-state index in [1.807, 2.05) is 66.7 Å². The first-order valence-corrected chi connectivity index (χ1v) is 15.7. The second-order valence-electron chi connectivity index (χ2n) is 11.5. The lowest BCUT2D eigenvalue weighted by molar-refractivity contribution is 1.15. The van der Waals surface area contributed by atoms with Crippen LogP contribution in [0.4, 0.5) is 0 Å². The molecule has 0 amide bonds. The van der Waals surface area contributed by atoms with Crippen molar-refractivity contribution in [3.05, 3.63) is 164 Å². The first kappa shape index (κ1) is 26.9. The number of fused-ring (bicyclic) bond motifs is 4. The van der Waals surface area contributed by atoms with Gasteiger partial charge in [0, 0.05) is 38.7 Å². The van der Waals surface area contributed by atoms with Crippen LogP contribution in [-0.4, -0.2) is 24.5 Å². The van der Waals surface area contributed by atoms with E-state index in [-0.39, 0.29) is 0 Å². The summed E-state index contributed by atoms with van der Waals surface area (Å²) in [6, 6.07) is 56.1. The zero-order valence-corrected chi connectivity index (χ0v) is 25.3. The molecule has 0 fully saturated rings. The van der Waals surface area contributed by atoms with Gasteiger partial charge in [-0.1, -0.05) is 127 Å². The number of benzene rings is 6. The van der Waals surface area contributed by atoms with Crippen LogP contribution in [0.25, 0.3) is 83.8 Å². The summed E-state index contributed by atoms with van der Waals surface area (Å²) in [7, 11) is 0. The fraction of sp³-hybridized carbons (Fsp3) is 0. The summed E-state index contributed by atoms with van der Waals surface area (Å²) in [5.74, 6) is 1.26. The van der Waals surface area contributed by atoms with Crippen molar-refractivity contribution < 1.29 is 0 Å². The molecule has 3 heterocycles. The molecule has 9 aromatic rings. The van der Waals surface area contributed by atoms with Crippen LogP contribution in [0.3, 0.4) is 0 Å². The Labute approximate surface area is 271 Å². The van der Waals surface area contributed by atoms with Crippen molar-refractivity contribution in [2.24, 2.45) is 0 Å². The van der Waals surface area contributed by atoms with Crippen LogP contribution >= 0.6 is 0 Å². The molecular formula is C42H27N5. The maximum absolute atomic E-state index is 5.20. The molecule has 0 bridgehead atoms. The molecule has 47 heavy (non-hydrogen) atoms. The van der Waals surface area contributed by atoms with E-state index < -0.39 is 0 Å². The average Bonchev–Trinajstić information content (AvgIpc) is 3.49. The summed E-state index contributed by atoms with van der Waals surface area (Å²) >= 11 is 0. The van der Waals surface area contributed by atoms with Crippen LogP contribution in [0.15, 0.2) is 164 Å². The number of aromatic nitrogens is 5. The van der Waals surface area contributed by atoms with Crippen LogP contribution in [0.5, 0.6) is 0 Å². The van der Waals surface area contributed by atoms with Gasteiger partial charge >= 0.3 is 0 Å². The zero-order valence-electron chi connectivity index (χ0n) is 25.3. The Morgan fingerprint density at radius 2 is 0.702 bits per heavy atom. The number of hydrogen-bond acceptors (Lipinski definition) is 4. The highest BCUT2D eigenvalue weighted by atomic mass is 15.0. The smallest absolute Gasteiger partial charge is 0.160 e. The molecule has 5 heteroatoms. The van der Waals surface area contributed by atoms with Gasteiger partial charge in [-0.25, -0.2) is 19.9 Å². The molecule has 0 aliphatic heterocycles. The topological polar surface area (TPSA) is 56.5 Å². The number of para-hydroxylation sites is 2. The van der Waals surface area contributed by atoms with Gasteiger partial charge in [-0.15, -0.1) is 0 Å². The van der Waals surface area contributed by atoms with E-state index >= 15 is 0 Å². The van der Waals surface area contributed by atoms with Crippen LogP contribution in [-0.2, 0) is 0 Å². The van der Waals surface area contributed by atoms with Gasteiger partial charge in [0.15, 0.2) is 11.6 Å². The second-order valence-corrected chi connectivity index (χ2v) is 11.5. The van der Waals surface area contributed by atoms with Gasteiger partial charge in [0.2, 0.25) is 0 Å². The molecule has 5 nitrogen and oxygen atoms in total. The highest BCUT2D eigenvalue weighted by Gasteiger charge is 2.20. The van der Waals surface area contributed by atoms with E-state index in [1.165, 1.54) is 21.8 Å². The predicted octanol–water partition coefficient (Wildman–Crippen LogP) is 10.2. The molecule has 9 rings (SSSR count). The SMILES string of the molecule is c1ccc(-c2nc(-c3ccccc3)c3nc(-c4ccc(-n5c6ccccc6c6ccccc65)cc4)nc(-c4ccccc4)c3n2)cc1. The van der Waals surface area contributed by atoms with Crippen LogP contribution < -0.4 is 0 Å². The lowest BCUT2D eigenvalue weighted by atomic mass is 10.0. The third-order valence-electron chi connectivity index (χ3n) is 8.63. The summed E-state index contributed by atoms with van der Waals surface area (Å²) in [6.45, 7) is 0. The van der Waals surface area contributed by atoms with E-state index in [1.54, 1.807) is 0 Å². The third-order valence-corrected chi connectivity index (χ3v) is 8.63. The van der Waals surface area contributed by atoms with Gasteiger partial charge in [0.1, 0.15) is 22.4 Å². The van der Waals surface area contributed by atoms with Gasteiger partial charge in [0.25, 0.3) is 0 Å². The van der Waals surface area contributed by atoms with E-state index in [4.69, 9.17) is 19.9 Å². The monoisotopic (exact) mass is 601 g/mol. The lowest BCUT2D eigenvalue weighted by Crippen LogP contribution is -2.02. The number of hydrogen-bond donors (Lipinski definition) is 0. The maximum atomic E-state index is 5.20. The summed E-state index contributed by atoms with van der Waals surface area (Å²) in [6.07, 6.45) is 0. The molecule has 6 aromatic carbocycles. The largest absolute Gasteiger partial charge is 0.309 e. The highest BCUT2D eigenvalue weighted by molar-refractivity contribution is 6.09. The van der Waals surface area contributed by atoms with E-state index in [2.05, 4.69) is 102 Å². The normalized spacial score (nSPS) is 11.4. The van der Waals surface area contributed by atoms with Crippen molar-refractivity contribution in [2.45, 2.75) is 0 Å². The molecule has 0 saturated heterocycles. The summed E-state index contributed by atoms with van der Waals surface area (Å²) < 4.78 is 2.32. The Morgan fingerprint density at radius 3 is 1.17 bits per heavy atom.